The third kappa shape index (κ3) is 5.02. The van der Waals surface area contributed by atoms with Gasteiger partial charge in [0.2, 0.25) is 0 Å². The first-order valence-electron chi connectivity index (χ1n) is 5.05. The van der Waals surface area contributed by atoms with E-state index in [0.29, 0.717) is 11.6 Å². The molecule has 0 saturated heterocycles. The van der Waals surface area contributed by atoms with E-state index in [0.717, 1.165) is 18.8 Å². The second-order valence-electron chi connectivity index (χ2n) is 3.38. The Morgan fingerprint density at radius 3 is 3.00 bits per heavy atom. The highest BCUT2D eigenvalue weighted by molar-refractivity contribution is 6.30. The van der Waals surface area contributed by atoms with Crippen LogP contribution in [-0.2, 0) is 0 Å². The van der Waals surface area contributed by atoms with Crippen LogP contribution in [0, 0.1) is 0 Å². The number of nitrogens with two attached hydrogens (primary N) is 1. The van der Waals surface area contributed by atoms with E-state index in [4.69, 9.17) is 22.1 Å². The highest BCUT2D eigenvalue weighted by Crippen LogP contribution is 2.17. The fourth-order valence-electron chi connectivity index (χ4n) is 1.22. The number of ether oxygens (including phenoxy) is 1. The molecular formula is C11H17ClN2O. The highest BCUT2D eigenvalue weighted by Gasteiger charge is 2.03. The number of hydrogen-bond acceptors (Lipinski definition) is 3. The third-order valence-electron chi connectivity index (χ3n) is 1.89. The number of benzene rings is 1. The van der Waals surface area contributed by atoms with Crippen LogP contribution in [0.15, 0.2) is 24.3 Å². The molecular weight excluding hydrogens is 212 g/mol. The molecule has 4 heteroatoms. The molecule has 1 aromatic rings. The summed E-state index contributed by atoms with van der Waals surface area (Å²) in [4.78, 5) is 0. The van der Waals surface area contributed by atoms with Crippen molar-refractivity contribution in [3.8, 4) is 5.75 Å². The van der Waals surface area contributed by atoms with Crippen LogP contribution in [0.3, 0.4) is 0 Å². The number of halogens is 1. The monoisotopic (exact) mass is 228 g/mol. The summed E-state index contributed by atoms with van der Waals surface area (Å²) in [6.07, 6.45) is 0.106. The summed E-state index contributed by atoms with van der Waals surface area (Å²) in [5, 5.41) is 3.88. The second-order valence-corrected chi connectivity index (χ2v) is 3.82. The predicted octanol–water partition coefficient (Wildman–Crippen LogP) is 1.66. The number of nitrogens with one attached hydrogen (secondary N) is 1. The summed E-state index contributed by atoms with van der Waals surface area (Å²) in [5.74, 6) is 0.796. The molecule has 0 saturated carbocycles. The van der Waals surface area contributed by atoms with E-state index in [2.05, 4.69) is 5.32 Å². The Balaban J connectivity index is 2.34. The first-order chi connectivity index (χ1) is 7.22. The maximum absolute atomic E-state index is 5.84. The van der Waals surface area contributed by atoms with E-state index in [1.54, 1.807) is 6.07 Å². The van der Waals surface area contributed by atoms with E-state index in [1.165, 1.54) is 0 Å². The predicted molar refractivity (Wildman–Crippen MR) is 63.5 cm³/mol. The fraction of sp³-hybridized carbons (Fsp3) is 0.455. The molecule has 0 aliphatic heterocycles. The number of rotatable bonds is 6. The van der Waals surface area contributed by atoms with Gasteiger partial charge < -0.3 is 15.8 Å². The minimum Gasteiger partial charge on any atom is -0.489 e. The molecule has 0 aliphatic rings. The summed E-state index contributed by atoms with van der Waals surface area (Å²) >= 11 is 5.84. The molecule has 0 spiro atoms. The molecule has 3 nitrogen and oxygen atoms in total. The summed E-state index contributed by atoms with van der Waals surface area (Å²) in [7, 11) is 0. The van der Waals surface area contributed by atoms with Crippen LogP contribution >= 0.6 is 11.6 Å². The largest absolute Gasteiger partial charge is 0.489 e. The lowest BCUT2D eigenvalue weighted by Crippen LogP contribution is -2.32. The van der Waals surface area contributed by atoms with Crippen molar-refractivity contribution in [1.82, 2.24) is 5.32 Å². The van der Waals surface area contributed by atoms with Gasteiger partial charge in [-0.15, -0.1) is 0 Å². The Morgan fingerprint density at radius 1 is 1.53 bits per heavy atom. The van der Waals surface area contributed by atoms with Gasteiger partial charge in [0.05, 0.1) is 0 Å². The van der Waals surface area contributed by atoms with Crippen LogP contribution in [0.2, 0.25) is 5.02 Å². The maximum atomic E-state index is 5.84. The normalized spacial score (nSPS) is 12.5. The van der Waals surface area contributed by atoms with Gasteiger partial charge in [0.15, 0.2) is 0 Å². The second kappa shape index (κ2) is 6.67. The van der Waals surface area contributed by atoms with E-state index in [-0.39, 0.29) is 6.10 Å². The molecule has 1 unspecified atom stereocenters. The molecule has 0 amide bonds. The van der Waals surface area contributed by atoms with E-state index >= 15 is 0 Å². The van der Waals surface area contributed by atoms with Gasteiger partial charge in [-0.3, -0.25) is 0 Å². The van der Waals surface area contributed by atoms with Gasteiger partial charge in [-0.25, -0.2) is 0 Å². The van der Waals surface area contributed by atoms with Crippen LogP contribution in [-0.4, -0.2) is 25.7 Å². The first kappa shape index (κ1) is 12.3. The van der Waals surface area contributed by atoms with Gasteiger partial charge in [-0.1, -0.05) is 17.7 Å². The zero-order chi connectivity index (χ0) is 11.1. The Labute approximate surface area is 95.6 Å². The summed E-state index contributed by atoms with van der Waals surface area (Å²) in [5.41, 5.74) is 5.37. The summed E-state index contributed by atoms with van der Waals surface area (Å²) in [6, 6.07) is 7.40. The van der Waals surface area contributed by atoms with Crippen LogP contribution in [0.25, 0.3) is 0 Å². The zero-order valence-corrected chi connectivity index (χ0v) is 9.63. The van der Waals surface area contributed by atoms with Crippen molar-refractivity contribution < 1.29 is 4.74 Å². The Bertz CT molecular complexity index is 294. The van der Waals surface area contributed by atoms with E-state index < -0.39 is 0 Å². The molecule has 0 bridgehead atoms. The van der Waals surface area contributed by atoms with E-state index in [9.17, 15) is 0 Å². The summed E-state index contributed by atoms with van der Waals surface area (Å²) < 4.78 is 5.65. The van der Waals surface area contributed by atoms with Crippen molar-refractivity contribution in [3.05, 3.63) is 29.3 Å². The van der Waals surface area contributed by atoms with Crippen molar-refractivity contribution in [2.75, 3.05) is 19.6 Å². The molecule has 0 fully saturated rings. The van der Waals surface area contributed by atoms with Gasteiger partial charge in [0.25, 0.3) is 0 Å². The molecule has 15 heavy (non-hydrogen) atoms. The standard InChI is InChI=1S/C11H17ClN2O/c1-9(8-14-6-5-13)15-11-4-2-3-10(12)7-11/h2-4,7,9,14H,5-6,8,13H2,1H3. The Kier molecular flexibility index (Phi) is 5.47. The molecule has 1 aromatic carbocycles. The highest BCUT2D eigenvalue weighted by atomic mass is 35.5. The van der Waals surface area contributed by atoms with Crippen LogP contribution in [0.1, 0.15) is 6.92 Å². The van der Waals surface area contributed by atoms with Gasteiger partial charge in [-0.2, -0.15) is 0 Å². The lowest BCUT2D eigenvalue weighted by Gasteiger charge is -2.15. The van der Waals surface area contributed by atoms with Crippen LogP contribution in [0.4, 0.5) is 0 Å². The molecule has 0 aliphatic carbocycles. The smallest absolute Gasteiger partial charge is 0.121 e. The number of hydrogen-bond donors (Lipinski definition) is 2. The Morgan fingerprint density at radius 2 is 2.33 bits per heavy atom. The minimum atomic E-state index is 0.106. The van der Waals surface area contributed by atoms with Gasteiger partial charge in [-0.05, 0) is 25.1 Å². The van der Waals surface area contributed by atoms with Gasteiger partial charge >= 0.3 is 0 Å². The lowest BCUT2D eigenvalue weighted by molar-refractivity contribution is 0.218. The van der Waals surface area contributed by atoms with Crippen molar-refractivity contribution in [3.63, 3.8) is 0 Å². The van der Waals surface area contributed by atoms with Crippen molar-refractivity contribution in [1.29, 1.82) is 0 Å². The average molecular weight is 229 g/mol. The lowest BCUT2D eigenvalue weighted by atomic mass is 10.3. The minimum absolute atomic E-state index is 0.106. The maximum Gasteiger partial charge on any atom is 0.121 e. The molecule has 0 heterocycles. The fourth-order valence-corrected chi connectivity index (χ4v) is 1.40. The molecule has 1 atom stereocenters. The molecule has 0 aromatic heterocycles. The van der Waals surface area contributed by atoms with Gasteiger partial charge in [0.1, 0.15) is 11.9 Å². The SMILES string of the molecule is CC(CNCCN)Oc1cccc(Cl)c1. The molecule has 1 rings (SSSR count). The summed E-state index contributed by atoms with van der Waals surface area (Å²) in [6.45, 7) is 4.24. The third-order valence-corrected chi connectivity index (χ3v) is 2.12. The Hall–Kier alpha value is -0.770. The van der Waals surface area contributed by atoms with Crippen molar-refractivity contribution >= 4 is 11.6 Å². The average Bonchev–Trinajstić information content (AvgIpc) is 2.18. The molecule has 3 N–H and O–H groups in total. The first-order valence-corrected chi connectivity index (χ1v) is 5.43. The van der Waals surface area contributed by atoms with Gasteiger partial charge in [0, 0.05) is 24.7 Å². The van der Waals surface area contributed by atoms with Crippen LogP contribution in [0.5, 0.6) is 5.75 Å². The zero-order valence-electron chi connectivity index (χ0n) is 8.87. The molecule has 0 radical (unpaired) electrons. The van der Waals surface area contributed by atoms with Crippen molar-refractivity contribution in [2.45, 2.75) is 13.0 Å². The molecule has 84 valence electrons. The van der Waals surface area contributed by atoms with Crippen molar-refractivity contribution in [2.24, 2.45) is 5.73 Å². The quantitative estimate of drug-likeness (QED) is 0.728. The van der Waals surface area contributed by atoms with Crippen LogP contribution < -0.4 is 15.8 Å². The topological polar surface area (TPSA) is 47.3 Å². The van der Waals surface area contributed by atoms with E-state index in [1.807, 2.05) is 25.1 Å².